The SMILES string of the molecule is COCO[C@H]1CC[C@@]2(C)[C@H]3[C@H](O[Si](C)(C)C(C)(C)C)C[C@@H]4C(O[Si](C)(C)C)=C[C@H](C)C[C@H]4[C@]3(C)C[C@@H](O[Si](C)(C)C(C)(C)C)[C@@]12C. The minimum Gasteiger partial charge on any atom is -0.547 e. The highest BCUT2D eigenvalue weighted by molar-refractivity contribution is 6.74. The molecule has 46 heavy (non-hydrogen) atoms. The zero-order valence-electron chi connectivity index (χ0n) is 33.4. The summed E-state index contributed by atoms with van der Waals surface area (Å²) in [4.78, 5) is 0. The molecule has 0 aromatic rings. The van der Waals surface area contributed by atoms with Gasteiger partial charge in [-0.1, -0.05) is 69.2 Å². The summed E-state index contributed by atoms with van der Waals surface area (Å²) >= 11 is 0. The second-order valence-electron chi connectivity index (χ2n) is 20.7. The van der Waals surface area contributed by atoms with Crippen molar-refractivity contribution in [3.63, 3.8) is 0 Å². The zero-order chi connectivity index (χ0) is 35.1. The molecule has 0 aromatic carbocycles. The molecule has 0 radical (unpaired) electrons. The van der Waals surface area contributed by atoms with Gasteiger partial charge < -0.3 is 22.8 Å². The van der Waals surface area contributed by atoms with Crippen LogP contribution in [0.3, 0.4) is 0 Å². The Labute approximate surface area is 288 Å². The van der Waals surface area contributed by atoms with Crippen LogP contribution in [0.25, 0.3) is 0 Å². The van der Waals surface area contributed by atoms with Gasteiger partial charge in [-0.15, -0.1) is 0 Å². The van der Waals surface area contributed by atoms with E-state index in [9.17, 15) is 0 Å². The Hall–Kier alpha value is 0.0306. The first-order valence-electron chi connectivity index (χ1n) is 18.5. The summed E-state index contributed by atoms with van der Waals surface area (Å²) in [7, 11) is -4.24. The molecular weight excluding hydrogens is 621 g/mol. The first-order valence-corrected chi connectivity index (χ1v) is 27.7. The average molecular weight is 695 g/mol. The predicted molar refractivity (Wildman–Crippen MR) is 200 cm³/mol. The van der Waals surface area contributed by atoms with Crippen molar-refractivity contribution in [3.05, 3.63) is 11.8 Å². The minimum atomic E-state index is -2.11. The van der Waals surface area contributed by atoms with Crippen molar-refractivity contribution in [2.45, 2.75) is 176 Å². The molecule has 0 N–H and O–H groups in total. The topological polar surface area (TPSA) is 46.2 Å². The highest BCUT2D eigenvalue weighted by Crippen LogP contribution is 2.75. The molecule has 268 valence electrons. The lowest BCUT2D eigenvalue weighted by molar-refractivity contribution is -0.257. The summed E-state index contributed by atoms with van der Waals surface area (Å²) in [5.41, 5.74) is -0.113. The van der Waals surface area contributed by atoms with Gasteiger partial charge in [0, 0.05) is 24.5 Å². The fraction of sp³-hybridized carbons (Fsp3) is 0.947. The van der Waals surface area contributed by atoms with Crippen LogP contribution < -0.4 is 0 Å². The quantitative estimate of drug-likeness (QED) is 0.178. The first-order chi connectivity index (χ1) is 20.6. The Bertz CT molecular complexity index is 1130. The van der Waals surface area contributed by atoms with E-state index in [1.165, 1.54) is 12.2 Å². The van der Waals surface area contributed by atoms with E-state index in [0.717, 1.165) is 25.7 Å². The molecule has 0 bridgehead atoms. The molecular formula is C38H74O5Si3. The minimum absolute atomic E-state index is 0.00631. The van der Waals surface area contributed by atoms with E-state index in [0.29, 0.717) is 30.5 Å². The van der Waals surface area contributed by atoms with Gasteiger partial charge in [0.15, 0.2) is 16.6 Å². The number of methoxy groups -OCH3 is 1. The third-order valence-corrected chi connectivity index (χ3v) is 24.3. The summed E-state index contributed by atoms with van der Waals surface area (Å²) < 4.78 is 34.7. The second kappa shape index (κ2) is 12.4. The zero-order valence-corrected chi connectivity index (χ0v) is 36.4. The first kappa shape index (κ1) is 38.8. The van der Waals surface area contributed by atoms with Crippen LogP contribution in [0, 0.1) is 39.9 Å². The van der Waals surface area contributed by atoms with E-state index in [1.807, 2.05) is 0 Å². The van der Waals surface area contributed by atoms with Gasteiger partial charge in [0.2, 0.25) is 8.32 Å². The van der Waals surface area contributed by atoms with Crippen LogP contribution in [0.2, 0.25) is 55.9 Å². The highest BCUT2D eigenvalue weighted by atomic mass is 28.4. The number of hydrogen-bond donors (Lipinski definition) is 0. The molecule has 4 aliphatic rings. The molecule has 3 saturated carbocycles. The van der Waals surface area contributed by atoms with E-state index in [2.05, 4.69) is 121 Å². The molecule has 0 aromatic heterocycles. The molecule has 0 unspecified atom stereocenters. The standard InChI is InChI=1S/C38H74O5Si3/c1-26-21-28-27(29(22-26)41-44(12,13)14)23-30(42-45(15,16)34(2,3)4)33-36(28,8)24-32(43-46(17,18)35(5,6)7)38(10)31(40-25-39-11)19-20-37(33,38)9/h22,26-28,30-33H,19-21,23-25H2,1-18H3/t26-,27+,28-,30-,31+,32-,33+,36+,37+,38-/m1/s1. The van der Waals surface area contributed by atoms with E-state index in [1.54, 1.807) is 7.11 Å². The Morgan fingerprint density at radius 1 is 0.826 bits per heavy atom. The van der Waals surface area contributed by atoms with Gasteiger partial charge in [0.05, 0.1) is 18.0 Å². The Balaban J connectivity index is 1.94. The number of rotatable bonds is 9. The van der Waals surface area contributed by atoms with Crippen molar-refractivity contribution >= 4 is 25.0 Å². The molecule has 5 nitrogen and oxygen atoms in total. The van der Waals surface area contributed by atoms with Crippen LogP contribution in [0.15, 0.2) is 11.8 Å². The second-order valence-corrected chi connectivity index (χ2v) is 34.7. The number of fused-ring (bicyclic) bond motifs is 5. The Morgan fingerprint density at radius 2 is 1.39 bits per heavy atom. The van der Waals surface area contributed by atoms with Crippen LogP contribution in [0.5, 0.6) is 0 Å². The van der Waals surface area contributed by atoms with Crippen LogP contribution in [-0.2, 0) is 22.8 Å². The maximum atomic E-state index is 7.73. The lowest BCUT2D eigenvalue weighted by Crippen LogP contribution is -2.70. The predicted octanol–water partition coefficient (Wildman–Crippen LogP) is 11.0. The molecule has 0 heterocycles. The average Bonchev–Trinajstić information content (AvgIpc) is 3.12. The third-order valence-electron chi connectivity index (χ3n) is 14.5. The summed E-state index contributed by atoms with van der Waals surface area (Å²) in [5.74, 6) is 3.12. The summed E-state index contributed by atoms with van der Waals surface area (Å²) in [5, 5.41) is 0.268. The molecule has 4 rings (SSSR count). The van der Waals surface area contributed by atoms with Gasteiger partial charge in [0.25, 0.3) is 0 Å². The molecule has 4 aliphatic carbocycles. The van der Waals surface area contributed by atoms with Crippen LogP contribution in [0.4, 0.5) is 0 Å². The summed E-state index contributed by atoms with van der Waals surface area (Å²) in [6, 6.07) is 0. The maximum absolute atomic E-state index is 7.73. The normalized spacial score (nSPS) is 40.6. The van der Waals surface area contributed by atoms with Crippen molar-refractivity contribution in [1.29, 1.82) is 0 Å². The Kier molecular flexibility index (Phi) is 10.4. The van der Waals surface area contributed by atoms with Gasteiger partial charge in [0.1, 0.15) is 6.79 Å². The monoisotopic (exact) mass is 694 g/mol. The maximum Gasteiger partial charge on any atom is 0.241 e. The fourth-order valence-corrected chi connectivity index (χ4v) is 13.6. The van der Waals surface area contributed by atoms with Gasteiger partial charge in [-0.05, 0) is 123 Å². The van der Waals surface area contributed by atoms with E-state index in [4.69, 9.17) is 22.8 Å². The van der Waals surface area contributed by atoms with E-state index in [-0.39, 0.29) is 44.6 Å². The highest BCUT2D eigenvalue weighted by Gasteiger charge is 2.74. The summed E-state index contributed by atoms with van der Waals surface area (Å²) in [6.45, 7) is 41.7. The van der Waals surface area contributed by atoms with Crippen molar-refractivity contribution < 1.29 is 22.8 Å². The van der Waals surface area contributed by atoms with Crippen molar-refractivity contribution in [1.82, 2.24) is 0 Å². The van der Waals surface area contributed by atoms with Crippen molar-refractivity contribution in [2.24, 2.45) is 39.9 Å². The van der Waals surface area contributed by atoms with Crippen molar-refractivity contribution in [3.8, 4) is 0 Å². The molecule has 0 spiro atoms. The van der Waals surface area contributed by atoms with Crippen LogP contribution in [-0.4, -0.2) is 57.2 Å². The molecule has 0 saturated heterocycles. The van der Waals surface area contributed by atoms with Gasteiger partial charge in [-0.2, -0.15) is 0 Å². The number of allylic oxidation sites excluding steroid dienone is 2. The molecule has 0 aliphatic heterocycles. The van der Waals surface area contributed by atoms with Gasteiger partial charge in [-0.25, -0.2) is 0 Å². The molecule has 8 heteroatoms. The van der Waals surface area contributed by atoms with Gasteiger partial charge >= 0.3 is 0 Å². The lowest BCUT2D eigenvalue weighted by Gasteiger charge is -2.70. The molecule has 0 amide bonds. The van der Waals surface area contributed by atoms with Crippen molar-refractivity contribution in [2.75, 3.05) is 13.9 Å². The molecule has 3 fully saturated rings. The smallest absolute Gasteiger partial charge is 0.241 e. The van der Waals surface area contributed by atoms with Crippen LogP contribution >= 0.6 is 0 Å². The lowest BCUT2D eigenvalue weighted by atomic mass is 9.38. The number of ether oxygens (including phenoxy) is 2. The Morgan fingerprint density at radius 3 is 1.91 bits per heavy atom. The fourth-order valence-electron chi connectivity index (χ4n) is 9.99. The van der Waals surface area contributed by atoms with E-state index < -0.39 is 25.0 Å². The van der Waals surface area contributed by atoms with Crippen LogP contribution in [0.1, 0.15) is 101 Å². The summed E-state index contributed by atoms with van der Waals surface area (Å²) in [6.07, 6.45) is 8.38. The van der Waals surface area contributed by atoms with Gasteiger partial charge in [-0.3, -0.25) is 0 Å². The largest absolute Gasteiger partial charge is 0.547 e. The number of hydrogen-bond acceptors (Lipinski definition) is 5. The molecule has 10 atom stereocenters. The van der Waals surface area contributed by atoms with E-state index >= 15 is 0 Å². The third kappa shape index (κ3) is 6.61.